The number of hydrogen-bond donors (Lipinski definition) is 2. The van der Waals surface area contributed by atoms with Crippen molar-refractivity contribution in [3.8, 4) is 5.75 Å². The van der Waals surface area contributed by atoms with Gasteiger partial charge < -0.3 is 9.15 Å². The SMILES string of the molecule is COc1ccc(C(=O)NNC(=O)c2ccco2)cc1F. The van der Waals surface area contributed by atoms with Crippen LogP contribution < -0.4 is 15.6 Å². The second-order valence-corrected chi connectivity index (χ2v) is 3.73. The molecule has 2 rings (SSSR count). The standard InChI is InChI=1S/C13H11FN2O4/c1-19-10-5-4-8(7-9(10)14)12(17)15-16-13(18)11-3-2-6-20-11/h2-7H,1H3,(H,15,17)(H,16,18). The van der Waals surface area contributed by atoms with Crippen LogP contribution >= 0.6 is 0 Å². The van der Waals surface area contributed by atoms with Crippen molar-refractivity contribution in [1.29, 1.82) is 0 Å². The molecule has 7 heteroatoms. The van der Waals surface area contributed by atoms with Crippen molar-refractivity contribution in [3.63, 3.8) is 0 Å². The number of rotatable bonds is 3. The Morgan fingerprint density at radius 1 is 1.20 bits per heavy atom. The molecule has 0 radical (unpaired) electrons. The summed E-state index contributed by atoms with van der Waals surface area (Å²) < 4.78 is 23.0. The van der Waals surface area contributed by atoms with E-state index < -0.39 is 17.6 Å². The van der Waals surface area contributed by atoms with Crippen molar-refractivity contribution in [2.45, 2.75) is 0 Å². The Balaban J connectivity index is 1.98. The lowest BCUT2D eigenvalue weighted by Crippen LogP contribution is -2.41. The normalized spacial score (nSPS) is 9.90. The van der Waals surface area contributed by atoms with Crippen LogP contribution in [0.5, 0.6) is 5.75 Å². The molecule has 20 heavy (non-hydrogen) atoms. The zero-order chi connectivity index (χ0) is 14.5. The van der Waals surface area contributed by atoms with Gasteiger partial charge in [-0.25, -0.2) is 4.39 Å². The van der Waals surface area contributed by atoms with Crippen LogP contribution in [0.3, 0.4) is 0 Å². The van der Waals surface area contributed by atoms with Gasteiger partial charge in [0.2, 0.25) is 0 Å². The summed E-state index contributed by atoms with van der Waals surface area (Å²) in [6.07, 6.45) is 1.33. The predicted molar refractivity (Wildman–Crippen MR) is 66.6 cm³/mol. The molecule has 104 valence electrons. The number of carbonyl (C=O) groups excluding carboxylic acids is 2. The maximum absolute atomic E-state index is 13.4. The molecule has 1 aromatic heterocycles. The lowest BCUT2D eigenvalue weighted by Gasteiger charge is -2.07. The number of benzene rings is 1. The van der Waals surface area contributed by atoms with E-state index in [1.165, 1.54) is 37.6 Å². The highest BCUT2D eigenvalue weighted by Crippen LogP contribution is 2.17. The van der Waals surface area contributed by atoms with Gasteiger partial charge in [-0.1, -0.05) is 0 Å². The van der Waals surface area contributed by atoms with Gasteiger partial charge in [0.15, 0.2) is 17.3 Å². The lowest BCUT2D eigenvalue weighted by molar-refractivity contribution is 0.0830. The molecule has 0 saturated carbocycles. The van der Waals surface area contributed by atoms with E-state index in [0.717, 1.165) is 6.07 Å². The van der Waals surface area contributed by atoms with Crippen LogP contribution in [-0.4, -0.2) is 18.9 Å². The monoisotopic (exact) mass is 278 g/mol. The minimum absolute atomic E-state index is 0.0289. The van der Waals surface area contributed by atoms with E-state index in [1.807, 2.05) is 0 Å². The van der Waals surface area contributed by atoms with Crippen molar-refractivity contribution in [2.24, 2.45) is 0 Å². The summed E-state index contributed by atoms with van der Waals surface area (Å²) in [6, 6.07) is 6.67. The smallest absolute Gasteiger partial charge is 0.305 e. The second-order valence-electron chi connectivity index (χ2n) is 3.73. The molecule has 6 nitrogen and oxygen atoms in total. The molecular weight excluding hydrogens is 267 g/mol. The molecule has 0 fully saturated rings. The van der Waals surface area contributed by atoms with Crippen molar-refractivity contribution in [3.05, 3.63) is 53.7 Å². The molecule has 0 aliphatic rings. The first-order valence-electron chi connectivity index (χ1n) is 5.59. The van der Waals surface area contributed by atoms with E-state index in [4.69, 9.17) is 9.15 Å². The molecule has 0 bridgehead atoms. The summed E-state index contributed by atoms with van der Waals surface area (Å²) >= 11 is 0. The van der Waals surface area contributed by atoms with Gasteiger partial charge in [0, 0.05) is 5.56 Å². The van der Waals surface area contributed by atoms with Gasteiger partial charge in [0.05, 0.1) is 13.4 Å². The Labute approximate surface area is 113 Å². The summed E-state index contributed by atoms with van der Waals surface area (Å²) in [5, 5.41) is 0. The van der Waals surface area contributed by atoms with Gasteiger partial charge in [-0.2, -0.15) is 0 Å². The second kappa shape index (κ2) is 5.87. The summed E-state index contributed by atoms with van der Waals surface area (Å²) in [4.78, 5) is 23.2. The van der Waals surface area contributed by atoms with Crippen LogP contribution in [0.25, 0.3) is 0 Å². The fraction of sp³-hybridized carbons (Fsp3) is 0.0769. The summed E-state index contributed by atoms with van der Waals surface area (Å²) in [7, 11) is 1.32. The third-order valence-corrected chi connectivity index (χ3v) is 2.45. The van der Waals surface area contributed by atoms with E-state index in [0.29, 0.717) is 0 Å². The number of furan rings is 1. The summed E-state index contributed by atoms with van der Waals surface area (Å²) in [5.41, 5.74) is 4.34. The van der Waals surface area contributed by atoms with Crippen molar-refractivity contribution < 1.29 is 23.1 Å². The quantitative estimate of drug-likeness (QED) is 0.834. The molecule has 0 atom stereocenters. The van der Waals surface area contributed by atoms with Gasteiger partial charge in [0.1, 0.15) is 0 Å². The molecule has 2 amide bonds. The highest BCUT2D eigenvalue weighted by molar-refractivity contribution is 5.98. The molecule has 0 spiro atoms. The number of carbonyl (C=O) groups is 2. The number of methoxy groups -OCH3 is 1. The van der Waals surface area contributed by atoms with E-state index in [-0.39, 0.29) is 17.1 Å². The van der Waals surface area contributed by atoms with Gasteiger partial charge in [-0.05, 0) is 30.3 Å². The van der Waals surface area contributed by atoms with Crippen molar-refractivity contribution in [2.75, 3.05) is 7.11 Å². The molecule has 1 heterocycles. The Morgan fingerprint density at radius 3 is 2.55 bits per heavy atom. The summed E-state index contributed by atoms with van der Waals surface area (Å²) in [6.45, 7) is 0. The van der Waals surface area contributed by atoms with Crippen LogP contribution in [-0.2, 0) is 0 Å². The molecule has 0 saturated heterocycles. The topological polar surface area (TPSA) is 80.6 Å². The Morgan fingerprint density at radius 2 is 1.95 bits per heavy atom. The van der Waals surface area contributed by atoms with Crippen molar-refractivity contribution in [1.82, 2.24) is 10.9 Å². The van der Waals surface area contributed by atoms with Gasteiger partial charge in [0.25, 0.3) is 5.91 Å². The fourth-order valence-corrected chi connectivity index (χ4v) is 1.46. The minimum atomic E-state index is -0.669. The first-order chi connectivity index (χ1) is 9.61. The van der Waals surface area contributed by atoms with Gasteiger partial charge in [-0.3, -0.25) is 20.4 Å². The van der Waals surface area contributed by atoms with E-state index in [2.05, 4.69) is 10.9 Å². The maximum atomic E-state index is 13.4. The molecule has 1 aromatic carbocycles. The number of hydrazine groups is 1. The zero-order valence-electron chi connectivity index (χ0n) is 10.5. The Hall–Kier alpha value is -2.83. The number of hydrogen-bond acceptors (Lipinski definition) is 4. The van der Waals surface area contributed by atoms with Crippen LogP contribution in [0, 0.1) is 5.82 Å². The van der Waals surface area contributed by atoms with E-state index in [1.54, 1.807) is 0 Å². The number of amides is 2. The summed E-state index contributed by atoms with van der Waals surface area (Å²) in [5.74, 6) is -1.87. The van der Waals surface area contributed by atoms with Gasteiger partial charge >= 0.3 is 5.91 Å². The van der Waals surface area contributed by atoms with Crippen LogP contribution in [0.2, 0.25) is 0 Å². The molecule has 0 unspecified atom stereocenters. The average Bonchev–Trinajstić information content (AvgIpc) is 2.98. The lowest BCUT2D eigenvalue weighted by atomic mass is 10.2. The highest BCUT2D eigenvalue weighted by Gasteiger charge is 2.12. The van der Waals surface area contributed by atoms with Crippen LogP contribution in [0.1, 0.15) is 20.9 Å². The van der Waals surface area contributed by atoms with Crippen LogP contribution in [0.15, 0.2) is 41.0 Å². The number of ether oxygens (including phenoxy) is 1. The van der Waals surface area contributed by atoms with E-state index in [9.17, 15) is 14.0 Å². The molecule has 0 aliphatic heterocycles. The average molecular weight is 278 g/mol. The number of halogens is 1. The third kappa shape index (κ3) is 2.94. The first kappa shape index (κ1) is 13.6. The van der Waals surface area contributed by atoms with E-state index >= 15 is 0 Å². The van der Waals surface area contributed by atoms with Crippen LogP contribution in [0.4, 0.5) is 4.39 Å². The minimum Gasteiger partial charge on any atom is -0.494 e. The zero-order valence-corrected chi connectivity index (χ0v) is 10.5. The Bertz CT molecular complexity index is 625. The number of nitrogens with one attached hydrogen (secondary N) is 2. The first-order valence-corrected chi connectivity index (χ1v) is 5.59. The fourth-order valence-electron chi connectivity index (χ4n) is 1.46. The molecule has 2 aromatic rings. The molecule has 0 aliphatic carbocycles. The van der Waals surface area contributed by atoms with Gasteiger partial charge in [-0.15, -0.1) is 0 Å². The predicted octanol–water partition coefficient (Wildman–Crippen LogP) is 1.50. The molecular formula is C13H11FN2O4. The molecule has 2 N–H and O–H groups in total. The highest BCUT2D eigenvalue weighted by atomic mass is 19.1. The largest absolute Gasteiger partial charge is 0.494 e. The maximum Gasteiger partial charge on any atom is 0.305 e. The third-order valence-electron chi connectivity index (χ3n) is 2.45. The Kier molecular flexibility index (Phi) is 3.99. The van der Waals surface area contributed by atoms with Crippen molar-refractivity contribution >= 4 is 11.8 Å².